The SMILES string of the molecule is c1ccc(-c2c3ccccc3c(-c3cccc(-c4cc5sc6cc7sc8ccccc8c7cc6c5c5ccccc45)c3)c3ccccc23)cc1. The first-order valence-electron chi connectivity index (χ1n) is 17.1. The summed E-state index contributed by atoms with van der Waals surface area (Å²) in [6.07, 6.45) is 0. The number of fused-ring (bicyclic) bond motifs is 10. The van der Waals surface area contributed by atoms with Crippen LogP contribution < -0.4 is 0 Å². The summed E-state index contributed by atoms with van der Waals surface area (Å²) in [5.74, 6) is 0. The molecule has 0 N–H and O–H groups in total. The van der Waals surface area contributed by atoms with Gasteiger partial charge < -0.3 is 0 Å². The molecule has 0 atom stereocenters. The van der Waals surface area contributed by atoms with Crippen LogP contribution >= 0.6 is 22.7 Å². The lowest BCUT2D eigenvalue weighted by Gasteiger charge is -2.18. The first-order chi connectivity index (χ1) is 24.8. The molecule has 0 amide bonds. The van der Waals surface area contributed by atoms with E-state index in [1.54, 1.807) is 0 Å². The van der Waals surface area contributed by atoms with Gasteiger partial charge in [-0.3, -0.25) is 0 Å². The molecule has 50 heavy (non-hydrogen) atoms. The van der Waals surface area contributed by atoms with Gasteiger partial charge in [0.05, 0.1) is 0 Å². The Morgan fingerprint density at radius 3 is 1.50 bits per heavy atom. The van der Waals surface area contributed by atoms with Gasteiger partial charge in [0.2, 0.25) is 0 Å². The molecule has 2 heterocycles. The van der Waals surface area contributed by atoms with Gasteiger partial charge in [-0.15, -0.1) is 22.7 Å². The van der Waals surface area contributed by atoms with Crippen molar-refractivity contribution in [3.63, 3.8) is 0 Å². The molecular weight excluding hydrogens is 641 g/mol. The highest BCUT2D eigenvalue weighted by Crippen LogP contribution is 2.48. The highest BCUT2D eigenvalue weighted by atomic mass is 32.1. The molecule has 0 bridgehead atoms. The van der Waals surface area contributed by atoms with Crippen molar-refractivity contribution < 1.29 is 0 Å². The summed E-state index contributed by atoms with van der Waals surface area (Å²) < 4.78 is 5.41. The van der Waals surface area contributed by atoms with E-state index >= 15 is 0 Å². The Balaban J connectivity index is 1.16. The third-order valence-corrected chi connectivity index (χ3v) is 12.7. The van der Waals surface area contributed by atoms with Crippen molar-refractivity contribution in [2.24, 2.45) is 0 Å². The van der Waals surface area contributed by atoms with Crippen LogP contribution in [0.2, 0.25) is 0 Å². The molecule has 0 nitrogen and oxygen atoms in total. The Morgan fingerprint density at radius 1 is 0.260 bits per heavy atom. The minimum atomic E-state index is 1.24. The molecule has 0 fully saturated rings. The molecular formula is C48H28S2. The normalized spacial score (nSPS) is 12.0. The first kappa shape index (κ1) is 28.1. The maximum atomic E-state index is 2.45. The molecule has 0 saturated heterocycles. The zero-order valence-electron chi connectivity index (χ0n) is 27.0. The molecule has 0 saturated carbocycles. The minimum Gasteiger partial charge on any atom is -0.135 e. The number of hydrogen-bond acceptors (Lipinski definition) is 2. The third-order valence-electron chi connectivity index (χ3n) is 10.4. The fourth-order valence-corrected chi connectivity index (χ4v) is 10.7. The molecule has 2 heteroatoms. The third kappa shape index (κ3) is 4.10. The second kappa shape index (κ2) is 10.9. The van der Waals surface area contributed by atoms with E-state index in [4.69, 9.17) is 0 Å². The average molecular weight is 669 g/mol. The summed E-state index contributed by atoms with van der Waals surface area (Å²) in [5.41, 5.74) is 7.59. The van der Waals surface area contributed by atoms with E-state index in [1.165, 1.54) is 106 Å². The van der Waals surface area contributed by atoms with E-state index in [0.717, 1.165) is 0 Å². The van der Waals surface area contributed by atoms with Gasteiger partial charge in [0.25, 0.3) is 0 Å². The second-order valence-electron chi connectivity index (χ2n) is 13.2. The van der Waals surface area contributed by atoms with Gasteiger partial charge in [-0.05, 0) is 96.0 Å². The Kier molecular flexibility index (Phi) is 6.09. The Labute approximate surface area is 297 Å². The van der Waals surface area contributed by atoms with Crippen LogP contribution in [0.25, 0.3) is 106 Å². The predicted molar refractivity (Wildman–Crippen MR) is 221 cm³/mol. The van der Waals surface area contributed by atoms with Crippen LogP contribution in [0.3, 0.4) is 0 Å². The molecule has 0 aliphatic heterocycles. The molecule has 0 radical (unpaired) electrons. The predicted octanol–water partition coefficient (Wildman–Crippen LogP) is 14.9. The number of benzene rings is 9. The topological polar surface area (TPSA) is 0 Å². The van der Waals surface area contributed by atoms with Crippen LogP contribution in [-0.4, -0.2) is 0 Å². The monoisotopic (exact) mass is 668 g/mol. The molecule has 0 aliphatic carbocycles. The fraction of sp³-hybridized carbons (Fsp3) is 0. The molecule has 11 rings (SSSR count). The van der Waals surface area contributed by atoms with Crippen molar-refractivity contribution in [3.05, 3.63) is 170 Å². The minimum absolute atomic E-state index is 1.24. The zero-order chi connectivity index (χ0) is 32.8. The fourth-order valence-electron chi connectivity index (χ4n) is 8.30. The van der Waals surface area contributed by atoms with Crippen molar-refractivity contribution in [3.8, 4) is 33.4 Å². The summed E-state index contributed by atoms with van der Waals surface area (Å²) in [5, 5.41) is 13.2. The van der Waals surface area contributed by atoms with Crippen LogP contribution in [0.15, 0.2) is 170 Å². The molecule has 0 unspecified atom stereocenters. The summed E-state index contributed by atoms with van der Waals surface area (Å²) in [4.78, 5) is 0. The van der Waals surface area contributed by atoms with Gasteiger partial charge in [0, 0.05) is 40.3 Å². The standard InChI is InChI=1S/C48H28S2/c1-2-13-29(14-3-1)46-35-20-6-8-22-37(35)47(38-23-9-7-21-36(38)46)31-16-12-15-30(25-31)39-27-45-48(34-19-5-4-17-32(34)39)41-26-40-33-18-10-11-24-42(33)49-43(40)28-44(41)50-45/h1-28H. The molecule has 11 aromatic rings. The van der Waals surface area contributed by atoms with Gasteiger partial charge in [-0.2, -0.15) is 0 Å². The van der Waals surface area contributed by atoms with E-state index in [-0.39, 0.29) is 0 Å². The van der Waals surface area contributed by atoms with E-state index in [2.05, 4.69) is 170 Å². The largest absolute Gasteiger partial charge is 0.135 e. The molecule has 0 aliphatic rings. The van der Waals surface area contributed by atoms with E-state index in [0.29, 0.717) is 0 Å². The van der Waals surface area contributed by atoms with Gasteiger partial charge in [-0.1, -0.05) is 140 Å². The number of hydrogen-bond donors (Lipinski definition) is 0. The summed E-state index contributed by atoms with van der Waals surface area (Å²) in [7, 11) is 0. The molecule has 232 valence electrons. The van der Waals surface area contributed by atoms with Crippen molar-refractivity contribution in [2.75, 3.05) is 0 Å². The van der Waals surface area contributed by atoms with Gasteiger partial charge >= 0.3 is 0 Å². The van der Waals surface area contributed by atoms with Crippen molar-refractivity contribution in [1.82, 2.24) is 0 Å². The van der Waals surface area contributed by atoms with Crippen LogP contribution in [0.4, 0.5) is 0 Å². The molecule has 0 spiro atoms. The molecule has 2 aromatic heterocycles. The average Bonchev–Trinajstić information content (AvgIpc) is 3.73. The van der Waals surface area contributed by atoms with Crippen molar-refractivity contribution in [2.45, 2.75) is 0 Å². The highest BCUT2D eigenvalue weighted by Gasteiger charge is 2.19. The Hall–Kier alpha value is -5.80. The Morgan fingerprint density at radius 2 is 0.780 bits per heavy atom. The highest BCUT2D eigenvalue weighted by molar-refractivity contribution is 7.28. The number of rotatable bonds is 3. The Bertz CT molecular complexity index is 3080. The van der Waals surface area contributed by atoms with E-state index in [9.17, 15) is 0 Å². The maximum Gasteiger partial charge on any atom is 0.0370 e. The summed E-state index contributed by atoms with van der Waals surface area (Å²) >= 11 is 3.82. The lowest BCUT2D eigenvalue weighted by molar-refractivity contribution is 1.64. The van der Waals surface area contributed by atoms with E-state index < -0.39 is 0 Å². The van der Waals surface area contributed by atoms with Crippen molar-refractivity contribution >= 4 is 95.3 Å². The van der Waals surface area contributed by atoms with Crippen molar-refractivity contribution in [1.29, 1.82) is 0 Å². The lowest BCUT2D eigenvalue weighted by Crippen LogP contribution is -1.91. The summed E-state index contributed by atoms with van der Waals surface area (Å²) in [6, 6.07) is 63.0. The first-order valence-corrected chi connectivity index (χ1v) is 18.7. The smallest absolute Gasteiger partial charge is 0.0370 e. The lowest BCUT2D eigenvalue weighted by atomic mass is 9.85. The van der Waals surface area contributed by atoms with E-state index in [1.807, 2.05) is 22.7 Å². The van der Waals surface area contributed by atoms with Gasteiger partial charge in [0.1, 0.15) is 0 Å². The van der Waals surface area contributed by atoms with Crippen LogP contribution in [0, 0.1) is 0 Å². The number of thiophene rings is 2. The van der Waals surface area contributed by atoms with Crippen LogP contribution in [0.1, 0.15) is 0 Å². The zero-order valence-corrected chi connectivity index (χ0v) is 28.6. The van der Waals surface area contributed by atoms with Gasteiger partial charge in [0.15, 0.2) is 0 Å². The quantitative estimate of drug-likeness (QED) is 0.164. The van der Waals surface area contributed by atoms with Crippen LogP contribution in [0.5, 0.6) is 0 Å². The van der Waals surface area contributed by atoms with Crippen LogP contribution in [-0.2, 0) is 0 Å². The summed E-state index contributed by atoms with van der Waals surface area (Å²) in [6.45, 7) is 0. The second-order valence-corrected chi connectivity index (χ2v) is 15.3. The molecule has 9 aromatic carbocycles. The van der Waals surface area contributed by atoms with Gasteiger partial charge in [-0.25, -0.2) is 0 Å². The maximum absolute atomic E-state index is 2.45.